The Bertz CT molecular complexity index is 329. The van der Waals surface area contributed by atoms with E-state index in [1.54, 1.807) is 0 Å². The number of halogens is 2. The van der Waals surface area contributed by atoms with Crippen molar-refractivity contribution in [3.8, 4) is 11.6 Å². The van der Waals surface area contributed by atoms with Gasteiger partial charge in [-0.3, -0.25) is 0 Å². The fourth-order valence-corrected chi connectivity index (χ4v) is 1.15. The molecule has 1 aliphatic carbocycles. The first-order valence-corrected chi connectivity index (χ1v) is 4.78. The largest absolute Gasteiger partial charge is 0.475 e. The lowest BCUT2D eigenvalue weighted by Gasteiger charge is -2.09. The molecule has 1 fully saturated rings. The molecule has 1 aromatic rings. The maximum absolute atomic E-state index is 12.0. The standard InChI is InChI=1S/C10H11F2NO2/c11-10(12)15-8-2-1-5-13-9(8)14-6-7-3-4-7/h1-2,5,7,10H,3-4,6H2. The summed E-state index contributed by atoms with van der Waals surface area (Å²) in [4.78, 5) is 3.85. The molecular formula is C10H11F2NO2. The van der Waals surface area contributed by atoms with Gasteiger partial charge in [0, 0.05) is 6.20 Å². The van der Waals surface area contributed by atoms with Crippen molar-refractivity contribution in [2.75, 3.05) is 6.61 Å². The third-order valence-corrected chi connectivity index (χ3v) is 2.10. The molecule has 1 aromatic heterocycles. The van der Waals surface area contributed by atoms with Crippen molar-refractivity contribution in [2.24, 2.45) is 5.92 Å². The van der Waals surface area contributed by atoms with Crippen LogP contribution in [0.4, 0.5) is 8.78 Å². The number of ether oxygens (including phenoxy) is 2. The molecule has 1 saturated carbocycles. The van der Waals surface area contributed by atoms with E-state index in [1.807, 2.05) is 0 Å². The minimum Gasteiger partial charge on any atom is -0.475 e. The summed E-state index contributed by atoms with van der Waals surface area (Å²) in [5, 5.41) is 0. The first-order chi connectivity index (χ1) is 7.25. The molecule has 0 spiro atoms. The number of hydrogen-bond acceptors (Lipinski definition) is 3. The molecule has 0 atom stereocenters. The number of rotatable bonds is 5. The van der Waals surface area contributed by atoms with E-state index in [0.29, 0.717) is 12.5 Å². The fourth-order valence-electron chi connectivity index (χ4n) is 1.15. The summed E-state index contributed by atoms with van der Waals surface area (Å²) in [5.74, 6) is 0.684. The monoisotopic (exact) mass is 215 g/mol. The van der Waals surface area contributed by atoms with E-state index in [-0.39, 0.29) is 11.6 Å². The van der Waals surface area contributed by atoms with Crippen molar-refractivity contribution in [1.82, 2.24) is 4.98 Å². The van der Waals surface area contributed by atoms with Gasteiger partial charge in [0.2, 0.25) is 0 Å². The zero-order valence-electron chi connectivity index (χ0n) is 8.03. The summed E-state index contributed by atoms with van der Waals surface area (Å²) >= 11 is 0. The normalized spacial score (nSPS) is 15.4. The van der Waals surface area contributed by atoms with Crippen LogP contribution in [-0.4, -0.2) is 18.2 Å². The Kier molecular flexibility index (Phi) is 2.99. The maximum atomic E-state index is 12.0. The van der Waals surface area contributed by atoms with Gasteiger partial charge in [-0.25, -0.2) is 4.98 Å². The lowest BCUT2D eigenvalue weighted by Crippen LogP contribution is -2.07. The Morgan fingerprint density at radius 2 is 2.27 bits per heavy atom. The molecule has 15 heavy (non-hydrogen) atoms. The summed E-state index contributed by atoms with van der Waals surface area (Å²) in [5.41, 5.74) is 0. The maximum Gasteiger partial charge on any atom is 0.387 e. The smallest absolute Gasteiger partial charge is 0.387 e. The molecule has 0 N–H and O–H groups in total. The van der Waals surface area contributed by atoms with Crippen LogP contribution in [0.2, 0.25) is 0 Å². The molecule has 0 aliphatic heterocycles. The molecule has 82 valence electrons. The molecule has 0 bridgehead atoms. The molecule has 1 heterocycles. The average molecular weight is 215 g/mol. The van der Waals surface area contributed by atoms with Crippen LogP contribution < -0.4 is 9.47 Å². The molecule has 0 unspecified atom stereocenters. The van der Waals surface area contributed by atoms with Crippen molar-refractivity contribution >= 4 is 0 Å². The molecule has 0 radical (unpaired) electrons. The van der Waals surface area contributed by atoms with Crippen LogP contribution in [-0.2, 0) is 0 Å². The Balaban J connectivity index is 1.99. The van der Waals surface area contributed by atoms with Gasteiger partial charge < -0.3 is 9.47 Å². The summed E-state index contributed by atoms with van der Waals surface area (Å²) in [7, 11) is 0. The number of pyridine rings is 1. The summed E-state index contributed by atoms with van der Waals surface area (Å²) < 4.78 is 33.6. The zero-order chi connectivity index (χ0) is 10.7. The van der Waals surface area contributed by atoms with E-state index in [0.717, 1.165) is 12.8 Å². The number of nitrogens with zero attached hydrogens (tertiary/aromatic N) is 1. The van der Waals surface area contributed by atoms with E-state index in [2.05, 4.69) is 9.72 Å². The quantitative estimate of drug-likeness (QED) is 0.756. The van der Waals surface area contributed by atoms with E-state index < -0.39 is 6.61 Å². The zero-order valence-corrected chi connectivity index (χ0v) is 8.03. The van der Waals surface area contributed by atoms with E-state index in [9.17, 15) is 8.78 Å². The highest BCUT2D eigenvalue weighted by molar-refractivity contribution is 5.32. The first-order valence-electron chi connectivity index (χ1n) is 4.78. The van der Waals surface area contributed by atoms with Crippen LogP contribution in [0.5, 0.6) is 11.6 Å². The van der Waals surface area contributed by atoms with Crippen molar-refractivity contribution in [3.05, 3.63) is 18.3 Å². The third-order valence-electron chi connectivity index (χ3n) is 2.10. The van der Waals surface area contributed by atoms with E-state index in [1.165, 1.54) is 18.3 Å². The van der Waals surface area contributed by atoms with Crippen LogP contribution in [0.15, 0.2) is 18.3 Å². The van der Waals surface area contributed by atoms with E-state index in [4.69, 9.17) is 4.74 Å². The van der Waals surface area contributed by atoms with Crippen molar-refractivity contribution in [1.29, 1.82) is 0 Å². The lowest BCUT2D eigenvalue weighted by molar-refractivity contribution is -0.0519. The Morgan fingerprint density at radius 1 is 1.47 bits per heavy atom. The highest BCUT2D eigenvalue weighted by Crippen LogP contribution is 2.31. The molecule has 0 amide bonds. The van der Waals surface area contributed by atoms with Gasteiger partial charge >= 0.3 is 6.61 Å². The summed E-state index contributed by atoms with van der Waals surface area (Å²) in [6, 6.07) is 2.95. The highest BCUT2D eigenvalue weighted by atomic mass is 19.3. The van der Waals surface area contributed by atoms with Gasteiger partial charge in [0.25, 0.3) is 5.88 Å². The molecule has 5 heteroatoms. The fraction of sp³-hybridized carbons (Fsp3) is 0.500. The van der Waals surface area contributed by atoms with Crippen molar-refractivity contribution in [3.63, 3.8) is 0 Å². The second-order valence-corrected chi connectivity index (χ2v) is 3.44. The van der Waals surface area contributed by atoms with Crippen LogP contribution in [0, 0.1) is 5.92 Å². The minimum absolute atomic E-state index is 0.00634. The first kappa shape index (κ1) is 10.1. The SMILES string of the molecule is FC(F)Oc1cccnc1OCC1CC1. The van der Waals surface area contributed by atoms with E-state index >= 15 is 0 Å². The highest BCUT2D eigenvalue weighted by Gasteiger charge is 2.23. The van der Waals surface area contributed by atoms with Crippen LogP contribution in [0.25, 0.3) is 0 Å². The predicted octanol–water partition coefficient (Wildman–Crippen LogP) is 2.47. The number of alkyl halides is 2. The summed E-state index contributed by atoms with van der Waals surface area (Å²) in [6.45, 7) is -2.33. The lowest BCUT2D eigenvalue weighted by atomic mass is 10.4. The molecule has 0 saturated heterocycles. The Morgan fingerprint density at radius 3 is 2.93 bits per heavy atom. The Hall–Kier alpha value is -1.39. The van der Waals surface area contributed by atoms with Crippen LogP contribution in [0.1, 0.15) is 12.8 Å². The van der Waals surface area contributed by atoms with Crippen molar-refractivity contribution < 1.29 is 18.3 Å². The Labute approximate surface area is 86.0 Å². The van der Waals surface area contributed by atoms with Crippen molar-refractivity contribution in [2.45, 2.75) is 19.5 Å². The predicted molar refractivity (Wildman–Crippen MR) is 49.1 cm³/mol. The number of aromatic nitrogens is 1. The van der Waals surface area contributed by atoms with Gasteiger partial charge in [-0.1, -0.05) is 0 Å². The molecule has 3 nitrogen and oxygen atoms in total. The third kappa shape index (κ3) is 3.04. The van der Waals surface area contributed by atoms with Gasteiger partial charge in [-0.05, 0) is 30.9 Å². The van der Waals surface area contributed by atoms with Gasteiger partial charge in [0.15, 0.2) is 5.75 Å². The van der Waals surface area contributed by atoms with Gasteiger partial charge in [0.1, 0.15) is 0 Å². The van der Waals surface area contributed by atoms with Gasteiger partial charge in [-0.15, -0.1) is 0 Å². The van der Waals surface area contributed by atoms with Gasteiger partial charge in [-0.2, -0.15) is 8.78 Å². The molecule has 0 aromatic carbocycles. The molecular weight excluding hydrogens is 204 g/mol. The number of hydrogen-bond donors (Lipinski definition) is 0. The van der Waals surface area contributed by atoms with Crippen LogP contribution >= 0.6 is 0 Å². The minimum atomic E-state index is -2.85. The topological polar surface area (TPSA) is 31.4 Å². The molecule has 1 aliphatic rings. The van der Waals surface area contributed by atoms with Crippen LogP contribution in [0.3, 0.4) is 0 Å². The van der Waals surface area contributed by atoms with Gasteiger partial charge in [0.05, 0.1) is 6.61 Å². The second kappa shape index (κ2) is 4.42. The second-order valence-electron chi connectivity index (χ2n) is 3.44. The molecule has 2 rings (SSSR count). The summed E-state index contributed by atoms with van der Waals surface area (Å²) in [6.07, 6.45) is 3.76. The average Bonchev–Trinajstić information content (AvgIpc) is 2.99.